The van der Waals surface area contributed by atoms with Crippen LogP contribution in [-0.4, -0.2) is 19.2 Å². The predicted octanol–water partition coefficient (Wildman–Crippen LogP) is 4.39. The molecular weight excluding hydrogens is 312 g/mol. The van der Waals surface area contributed by atoms with Crippen molar-refractivity contribution in [1.82, 2.24) is 10.6 Å². The molecule has 0 heterocycles. The first-order valence-corrected chi connectivity index (χ1v) is 8.91. The van der Waals surface area contributed by atoms with Crippen LogP contribution in [0, 0.1) is 6.92 Å². The highest BCUT2D eigenvalue weighted by Gasteiger charge is 2.08. The Morgan fingerprint density at radius 3 is 2.52 bits per heavy atom. The summed E-state index contributed by atoms with van der Waals surface area (Å²) in [4.78, 5) is 12.0. The van der Waals surface area contributed by atoms with Crippen molar-refractivity contribution in [2.24, 2.45) is 0 Å². The summed E-state index contributed by atoms with van der Waals surface area (Å²) in [6.45, 7) is 7.31. The van der Waals surface area contributed by atoms with Crippen molar-refractivity contribution in [3.05, 3.63) is 65.2 Å². The highest BCUT2D eigenvalue weighted by Crippen LogP contribution is 2.16. The van der Waals surface area contributed by atoms with Crippen molar-refractivity contribution >= 4 is 6.03 Å². The van der Waals surface area contributed by atoms with Crippen LogP contribution in [0.5, 0.6) is 5.75 Å². The van der Waals surface area contributed by atoms with Crippen molar-refractivity contribution in [2.75, 3.05) is 13.2 Å². The summed E-state index contributed by atoms with van der Waals surface area (Å²) in [5.41, 5.74) is 3.53. The number of aryl methyl sites for hydroxylation is 2. The minimum Gasteiger partial charge on any atom is -0.493 e. The molecule has 2 aromatic carbocycles. The first kappa shape index (κ1) is 18.8. The summed E-state index contributed by atoms with van der Waals surface area (Å²) in [6, 6.07) is 16.1. The molecule has 0 aromatic heterocycles. The molecule has 1 atom stereocenters. The summed E-state index contributed by atoms with van der Waals surface area (Å²) in [5.74, 6) is 0.899. The zero-order chi connectivity index (χ0) is 18.1. The largest absolute Gasteiger partial charge is 0.493 e. The lowest BCUT2D eigenvalue weighted by Gasteiger charge is -2.15. The van der Waals surface area contributed by atoms with Crippen LogP contribution in [0.25, 0.3) is 0 Å². The molecule has 25 heavy (non-hydrogen) atoms. The third kappa shape index (κ3) is 6.14. The number of ether oxygens (including phenoxy) is 1. The smallest absolute Gasteiger partial charge is 0.315 e. The topological polar surface area (TPSA) is 50.4 Å². The van der Waals surface area contributed by atoms with Crippen LogP contribution in [0.1, 0.15) is 43.0 Å². The molecule has 0 spiro atoms. The Morgan fingerprint density at radius 2 is 1.84 bits per heavy atom. The van der Waals surface area contributed by atoms with Gasteiger partial charge in [-0.25, -0.2) is 4.79 Å². The predicted molar refractivity (Wildman–Crippen MR) is 102 cm³/mol. The molecule has 0 radical (unpaired) electrons. The van der Waals surface area contributed by atoms with Crippen molar-refractivity contribution in [3.63, 3.8) is 0 Å². The minimum absolute atomic E-state index is 0.0193. The third-order valence-electron chi connectivity index (χ3n) is 4.19. The fourth-order valence-corrected chi connectivity index (χ4v) is 2.55. The monoisotopic (exact) mass is 340 g/mol. The van der Waals surface area contributed by atoms with Crippen LogP contribution < -0.4 is 15.4 Å². The SMILES string of the molecule is CCc1ccc(C(C)NC(=O)NCCCOc2ccccc2C)cc1. The van der Waals surface area contributed by atoms with E-state index in [2.05, 4.69) is 41.8 Å². The lowest BCUT2D eigenvalue weighted by Crippen LogP contribution is -2.37. The molecule has 0 saturated heterocycles. The Balaban J connectivity index is 1.65. The molecule has 4 nitrogen and oxygen atoms in total. The van der Waals surface area contributed by atoms with Gasteiger partial charge >= 0.3 is 6.03 Å². The molecule has 0 aliphatic heterocycles. The Hall–Kier alpha value is -2.49. The van der Waals surface area contributed by atoms with Gasteiger partial charge in [-0.2, -0.15) is 0 Å². The summed E-state index contributed by atoms with van der Waals surface area (Å²) in [7, 11) is 0. The number of rotatable bonds is 8. The van der Waals surface area contributed by atoms with Gasteiger partial charge in [0, 0.05) is 6.54 Å². The summed E-state index contributed by atoms with van der Waals surface area (Å²) < 4.78 is 5.72. The number of carbonyl (C=O) groups excluding carboxylic acids is 1. The zero-order valence-electron chi connectivity index (χ0n) is 15.3. The molecule has 0 fully saturated rings. The molecule has 4 heteroatoms. The molecule has 134 valence electrons. The lowest BCUT2D eigenvalue weighted by molar-refractivity contribution is 0.236. The molecule has 1 unspecified atom stereocenters. The Morgan fingerprint density at radius 1 is 1.12 bits per heavy atom. The van der Waals surface area contributed by atoms with Gasteiger partial charge in [-0.3, -0.25) is 0 Å². The molecule has 2 amide bonds. The fourth-order valence-electron chi connectivity index (χ4n) is 2.55. The van der Waals surface area contributed by atoms with Crippen LogP contribution in [0.4, 0.5) is 4.79 Å². The fraction of sp³-hybridized carbons (Fsp3) is 0.381. The number of hydrogen-bond acceptors (Lipinski definition) is 2. The van der Waals surface area contributed by atoms with Crippen molar-refractivity contribution in [3.8, 4) is 5.75 Å². The van der Waals surface area contributed by atoms with Crippen molar-refractivity contribution in [1.29, 1.82) is 0 Å². The van der Waals surface area contributed by atoms with Gasteiger partial charge in [0.15, 0.2) is 0 Å². The van der Waals surface area contributed by atoms with Crippen molar-refractivity contribution < 1.29 is 9.53 Å². The van der Waals surface area contributed by atoms with Crippen LogP contribution in [-0.2, 0) is 6.42 Å². The lowest BCUT2D eigenvalue weighted by atomic mass is 10.1. The number of urea groups is 1. The quantitative estimate of drug-likeness (QED) is 0.700. The molecule has 0 bridgehead atoms. The van der Waals surface area contributed by atoms with Crippen molar-refractivity contribution in [2.45, 2.75) is 39.7 Å². The Labute approximate surface area is 150 Å². The van der Waals surface area contributed by atoms with Gasteiger partial charge in [-0.1, -0.05) is 49.4 Å². The second-order valence-corrected chi connectivity index (χ2v) is 6.18. The van der Waals surface area contributed by atoms with Gasteiger partial charge in [0.25, 0.3) is 0 Å². The molecule has 0 aliphatic rings. The highest BCUT2D eigenvalue weighted by atomic mass is 16.5. The van der Waals surface area contributed by atoms with Gasteiger partial charge in [0.2, 0.25) is 0 Å². The maximum Gasteiger partial charge on any atom is 0.315 e. The molecule has 2 N–H and O–H groups in total. The first-order valence-electron chi connectivity index (χ1n) is 8.91. The van der Waals surface area contributed by atoms with E-state index in [0.717, 1.165) is 29.7 Å². The number of benzene rings is 2. The molecule has 0 saturated carbocycles. The molecular formula is C21H28N2O2. The number of hydrogen-bond donors (Lipinski definition) is 2. The minimum atomic E-state index is -0.150. The average Bonchev–Trinajstić information content (AvgIpc) is 2.63. The normalized spacial score (nSPS) is 11.6. The number of amides is 2. The maximum atomic E-state index is 12.0. The van der Waals surface area contributed by atoms with Crippen LogP contribution >= 0.6 is 0 Å². The van der Waals surface area contributed by atoms with E-state index >= 15 is 0 Å². The van der Waals surface area contributed by atoms with E-state index in [4.69, 9.17) is 4.74 Å². The standard InChI is InChI=1S/C21H28N2O2/c1-4-18-10-12-19(13-11-18)17(3)23-21(24)22-14-7-15-25-20-9-6-5-8-16(20)2/h5-6,8-13,17H,4,7,14-15H2,1-3H3,(H2,22,23,24). The average molecular weight is 340 g/mol. The van der Waals surface area contributed by atoms with Gasteiger partial charge in [-0.15, -0.1) is 0 Å². The van der Waals surface area contributed by atoms with E-state index < -0.39 is 0 Å². The summed E-state index contributed by atoms with van der Waals surface area (Å²) >= 11 is 0. The van der Waals surface area contributed by atoms with Crippen LogP contribution in [0.2, 0.25) is 0 Å². The van der Waals surface area contributed by atoms with E-state index in [1.807, 2.05) is 38.1 Å². The molecule has 0 aliphatic carbocycles. The second kappa shape index (κ2) is 9.72. The van der Waals surface area contributed by atoms with Crippen LogP contribution in [0.3, 0.4) is 0 Å². The number of carbonyl (C=O) groups is 1. The number of para-hydroxylation sites is 1. The molecule has 2 aromatic rings. The Bertz CT molecular complexity index is 668. The van der Waals surface area contributed by atoms with Gasteiger partial charge < -0.3 is 15.4 Å². The first-order chi connectivity index (χ1) is 12.1. The van der Waals surface area contributed by atoms with Crippen LogP contribution in [0.15, 0.2) is 48.5 Å². The maximum absolute atomic E-state index is 12.0. The summed E-state index contributed by atoms with van der Waals surface area (Å²) in [5, 5.41) is 5.84. The van der Waals surface area contributed by atoms with E-state index in [1.54, 1.807) is 0 Å². The van der Waals surface area contributed by atoms with E-state index in [1.165, 1.54) is 5.56 Å². The third-order valence-corrected chi connectivity index (χ3v) is 4.19. The summed E-state index contributed by atoms with van der Waals surface area (Å²) in [6.07, 6.45) is 1.79. The second-order valence-electron chi connectivity index (χ2n) is 6.18. The van der Waals surface area contributed by atoms with Gasteiger partial charge in [0.1, 0.15) is 5.75 Å². The highest BCUT2D eigenvalue weighted by molar-refractivity contribution is 5.74. The van der Waals surface area contributed by atoms with Gasteiger partial charge in [-0.05, 0) is 49.4 Å². The van der Waals surface area contributed by atoms with E-state index in [9.17, 15) is 4.79 Å². The zero-order valence-corrected chi connectivity index (χ0v) is 15.3. The number of nitrogens with one attached hydrogen (secondary N) is 2. The Kier molecular flexibility index (Phi) is 7.33. The van der Waals surface area contributed by atoms with E-state index in [-0.39, 0.29) is 12.1 Å². The van der Waals surface area contributed by atoms with E-state index in [0.29, 0.717) is 13.2 Å². The molecule has 2 rings (SSSR count). The van der Waals surface area contributed by atoms with Gasteiger partial charge in [0.05, 0.1) is 12.6 Å².